The molecule has 0 radical (unpaired) electrons. The number of pyridine rings is 1. The molecule has 0 saturated carbocycles. The Bertz CT molecular complexity index is 562. The van der Waals surface area contributed by atoms with Gasteiger partial charge in [0.25, 0.3) is 0 Å². The zero-order valence-corrected chi connectivity index (χ0v) is 10.8. The maximum atomic E-state index is 11.1. The van der Waals surface area contributed by atoms with Crippen molar-refractivity contribution in [3.63, 3.8) is 0 Å². The summed E-state index contributed by atoms with van der Waals surface area (Å²) < 4.78 is 0.616. The van der Waals surface area contributed by atoms with Crippen molar-refractivity contribution >= 4 is 27.7 Å². The normalized spacial score (nSPS) is 10.1. The number of aromatic nitrogens is 3. The largest absolute Gasteiger partial charge is 0.478 e. The van der Waals surface area contributed by atoms with Crippen molar-refractivity contribution in [3.8, 4) is 0 Å². The van der Waals surface area contributed by atoms with Crippen LogP contribution in [0.15, 0.2) is 35.1 Å². The van der Waals surface area contributed by atoms with E-state index in [0.717, 1.165) is 0 Å². The highest BCUT2D eigenvalue weighted by atomic mass is 79.9. The van der Waals surface area contributed by atoms with Gasteiger partial charge in [0.2, 0.25) is 0 Å². The van der Waals surface area contributed by atoms with Gasteiger partial charge < -0.3 is 10.4 Å². The van der Waals surface area contributed by atoms with Crippen LogP contribution in [0.4, 0.5) is 5.82 Å². The third-order valence-electron chi connectivity index (χ3n) is 2.15. The zero-order valence-electron chi connectivity index (χ0n) is 9.17. The first kappa shape index (κ1) is 12.4. The number of carbonyl (C=O) groups is 1. The van der Waals surface area contributed by atoms with Crippen LogP contribution in [-0.2, 0) is 6.54 Å². The Labute approximate surface area is 111 Å². The van der Waals surface area contributed by atoms with Crippen LogP contribution in [0.2, 0.25) is 0 Å². The van der Waals surface area contributed by atoms with Crippen molar-refractivity contribution in [2.45, 2.75) is 6.54 Å². The lowest BCUT2D eigenvalue weighted by molar-refractivity contribution is 0.0697. The number of hydrogen-bond donors (Lipinski definition) is 2. The number of nitrogens with zero attached hydrogens (tertiary/aromatic N) is 3. The number of hydrogen-bond acceptors (Lipinski definition) is 5. The molecule has 0 spiro atoms. The van der Waals surface area contributed by atoms with Crippen LogP contribution in [0.5, 0.6) is 0 Å². The second-order valence-electron chi connectivity index (χ2n) is 3.42. The maximum absolute atomic E-state index is 11.1. The van der Waals surface area contributed by atoms with Crippen LogP contribution in [0, 0.1) is 0 Å². The molecule has 6 nitrogen and oxygen atoms in total. The molecule has 2 heterocycles. The summed E-state index contributed by atoms with van der Waals surface area (Å²) in [6.45, 7) is 0.364. The highest BCUT2D eigenvalue weighted by Crippen LogP contribution is 2.18. The fraction of sp³-hybridized carbons (Fsp3) is 0.0909. The molecule has 2 rings (SSSR count). The number of carboxylic acid groups (broad SMARTS) is 1. The minimum atomic E-state index is -1.04. The number of nitrogens with one attached hydrogen (secondary N) is 1. The Morgan fingerprint density at radius 3 is 3.00 bits per heavy atom. The summed E-state index contributed by atoms with van der Waals surface area (Å²) in [5.74, 6) is -0.734. The van der Waals surface area contributed by atoms with E-state index in [-0.39, 0.29) is 5.56 Å². The zero-order chi connectivity index (χ0) is 13.0. The van der Waals surface area contributed by atoms with Crippen LogP contribution in [0.1, 0.15) is 16.1 Å². The fourth-order valence-electron chi connectivity index (χ4n) is 1.35. The molecule has 0 amide bonds. The summed E-state index contributed by atoms with van der Waals surface area (Å²) in [6.07, 6.45) is 3.11. The molecule has 2 N–H and O–H groups in total. The van der Waals surface area contributed by atoms with Gasteiger partial charge in [0.05, 0.1) is 12.2 Å². The number of carboxylic acids is 1. The number of rotatable bonds is 4. The molecule has 7 heteroatoms. The van der Waals surface area contributed by atoms with Crippen molar-refractivity contribution in [2.75, 3.05) is 5.32 Å². The van der Waals surface area contributed by atoms with Gasteiger partial charge in [0.15, 0.2) is 0 Å². The van der Waals surface area contributed by atoms with Gasteiger partial charge in [-0.15, -0.1) is 0 Å². The van der Waals surface area contributed by atoms with Crippen LogP contribution in [-0.4, -0.2) is 26.3 Å². The third-order valence-corrected chi connectivity index (χ3v) is 2.58. The minimum absolute atomic E-state index is 0.105. The van der Waals surface area contributed by atoms with E-state index in [0.29, 0.717) is 22.5 Å². The van der Waals surface area contributed by atoms with Gasteiger partial charge in [-0.25, -0.2) is 9.78 Å². The summed E-state index contributed by atoms with van der Waals surface area (Å²) in [4.78, 5) is 15.1. The molecule has 0 aliphatic carbocycles. The molecule has 0 aliphatic rings. The Balaban J connectivity index is 2.17. The Morgan fingerprint density at radius 1 is 1.50 bits per heavy atom. The quantitative estimate of drug-likeness (QED) is 0.897. The molecular weight excluding hydrogens is 300 g/mol. The lowest BCUT2D eigenvalue weighted by Gasteiger charge is -2.07. The van der Waals surface area contributed by atoms with Crippen molar-refractivity contribution < 1.29 is 9.90 Å². The molecule has 2 aromatic heterocycles. The van der Waals surface area contributed by atoms with Crippen LogP contribution in [0.25, 0.3) is 0 Å². The first-order chi connectivity index (χ1) is 8.66. The van der Waals surface area contributed by atoms with E-state index in [1.807, 2.05) is 0 Å². The van der Waals surface area contributed by atoms with E-state index in [4.69, 9.17) is 5.11 Å². The summed E-state index contributed by atoms with van der Waals surface area (Å²) in [6, 6.07) is 5.05. The van der Waals surface area contributed by atoms with E-state index < -0.39 is 5.97 Å². The molecule has 18 heavy (non-hydrogen) atoms. The number of halogens is 1. The van der Waals surface area contributed by atoms with Crippen molar-refractivity contribution in [3.05, 3.63) is 46.3 Å². The monoisotopic (exact) mass is 308 g/mol. The van der Waals surface area contributed by atoms with E-state index in [1.165, 1.54) is 12.3 Å². The topological polar surface area (TPSA) is 88.0 Å². The Hall–Kier alpha value is -2.02. The molecule has 92 valence electrons. The van der Waals surface area contributed by atoms with Gasteiger partial charge in [0, 0.05) is 16.9 Å². The van der Waals surface area contributed by atoms with Gasteiger partial charge in [-0.1, -0.05) is 0 Å². The van der Waals surface area contributed by atoms with E-state index >= 15 is 0 Å². The third kappa shape index (κ3) is 3.01. The number of anilines is 1. The average molecular weight is 309 g/mol. The van der Waals surface area contributed by atoms with Gasteiger partial charge in [-0.2, -0.15) is 10.2 Å². The lowest BCUT2D eigenvalue weighted by Crippen LogP contribution is -2.09. The Kier molecular flexibility index (Phi) is 3.83. The van der Waals surface area contributed by atoms with Gasteiger partial charge in [0.1, 0.15) is 11.4 Å². The standard InChI is InChI=1S/C11H9BrN4O2/c12-7-4-9(11(17)18)10(13-5-7)14-6-8-2-1-3-15-16-8/h1-5H,6H2,(H,13,14)(H,17,18). The lowest BCUT2D eigenvalue weighted by atomic mass is 10.2. The molecule has 0 unspecified atom stereocenters. The summed E-state index contributed by atoms with van der Waals surface area (Å²) >= 11 is 3.18. The summed E-state index contributed by atoms with van der Waals surface area (Å²) in [5, 5.41) is 19.6. The van der Waals surface area contributed by atoms with Crippen LogP contribution in [0.3, 0.4) is 0 Å². The van der Waals surface area contributed by atoms with Crippen LogP contribution < -0.4 is 5.32 Å². The predicted octanol–water partition coefficient (Wildman–Crippen LogP) is 1.94. The second-order valence-corrected chi connectivity index (χ2v) is 4.34. The minimum Gasteiger partial charge on any atom is -0.478 e. The summed E-state index contributed by atoms with van der Waals surface area (Å²) in [7, 11) is 0. The van der Waals surface area contributed by atoms with E-state index in [9.17, 15) is 4.79 Å². The fourth-order valence-corrected chi connectivity index (χ4v) is 1.68. The SMILES string of the molecule is O=C(O)c1cc(Br)cnc1NCc1cccnn1. The van der Waals surface area contributed by atoms with E-state index in [2.05, 4.69) is 36.4 Å². The van der Waals surface area contributed by atoms with Crippen molar-refractivity contribution in [1.82, 2.24) is 15.2 Å². The molecule has 0 saturated heterocycles. The molecule has 0 aliphatic heterocycles. The maximum Gasteiger partial charge on any atom is 0.339 e. The van der Waals surface area contributed by atoms with E-state index in [1.54, 1.807) is 18.3 Å². The van der Waals surface area contributed by atoms with Crippen LogP contribution >= 0.6 is 15.9 Å². The molecule has 0 fully saturated rings. The van der Waals surface area contributed by atoms with Crippen molar-refractivity contribution in [1.29, 1.82) is 0 Å². The second kappa shape index (κ2) is 5.54. The summed E-state index contributed by atoms with van der Waals surface area (Å²) in [5.41, 5.74) is 0.812. The molecule has 0 bridgehead atoms. The predicted molar refractivity (Wildman–Crippen MR) is 68.3 cm³/mol. The average Bonchev–Trinajstić information content (AvgIpc) is 2.38. The van der Waals surface area contributed by atoms with Crippen molar-refractivity contribution in [2.24, 2.45) is 0 Å². The highest BCUT2D eigenvalue weighted by Gasteiger charge is 2.11. The van der Waals surface area contributed by atoms with Gasteiger partial charge >= 0.3 is 5.97 Å². The van der Waals surface area contributed by atoms with Gasteiger partial charge in [-0.05, 0) is 34.1 Å². The number of aromatic carboxylic acids is 1. The first-order valence-electron chi connectivity index (χ1n) is 5.06. The molecular formula is C11H9BrN4O2. The molecule has 0 atom stereocenters. The molecule has 0 aromatic carbocycles. The Morgan fingerprint density at radius 2 is 2.33 bits per heavy atom. The first-order valence-corrected chi connectivity index (χ1v) is 5.85. The highest BCUT2D eigenvalue weighted by molar-refractivity contribution is 9.10. The van der Waals surface area contributed by atoms with Gasteiger partial charge in [-0.3, -0.25) is 0 Å². The smallest absolute Gasteiger partial charge is 0.339 e. The molecule has 2 aromatic rings.